The zero-order chi connectivity index (χ0) is 23.6. The molecule has 0 unspecified atom stereocenters. The number of aromatic nitrogens is 4. The summed E-state index contributed by atoms with van der Waals surface area (Å²) in [5.41, 5.74) is 8.31. The van der Waals surface area contributed by atoms with Crippen molar-refractivity contribution in [2.45, 2.75) is 57.1 Å². The Morgan fingerprint density at radius 3 is 2.85 bits per heavy atom. The maximum absolute atomic E-state index is 13.7. The van der Waals surface area contributed by atoms with Crippen LogP contribution < -0.4 is 5.73 Å². The zero-order valence-corrected chi connectivity index (χ0v) is 19.7. The smallest absolute Gasteiger partial charge is 0.165 e. The molecule has 0 bridgehead atoms. The van der Waals surface area contributed by atoms with Crippen LogP contribution in [-0.2, 0) is 15.9 Å². The monoisotopic (exact) mass is 481 g/mol. The Morgan fingerprint density at radius 2 is 2.00 bits per heavy atom. The molecular formula is C25H25ClFN5O2. The Kier molecular flexibility index (Phi) is 5.02. The van der Waals surface area contributed by atoms with Crippen LogP contribution >= 0.6 is 11.6 Å². The van der Waals surface area contributed by atoms with Gasteiger partial charge in [0.25, 0.3) is 0 Å². The molecule has 0 spiro atoms. The fourth-order valence-electron chi connectivity index (χ4n) is 5.53. The third-order valence-electron chi connectivity index (χ3n) is 7.04. The number of aryl methyl sites for hydroxylation is 1. The van der Waals surface area contributed by atoms with Gasteiger partial charge in [-0.2, -0.15) is 0 Å². The lowest BCUT2D eigenvalue weighted by molar-refractivity contribution is -0.160. The Hall–Kier alpha value is -2.81. The number of halogens is 2. The van der Waals surface area contributed by atoms with Crippen LogP contribution in [0.15, 0.2) is 42.9 Å². The molecule has 1 aliphatic heterocycles. The number of anilines is 1. The summed E-state index contributed by atoms with van der Waals surface area (Å²) in [6.45, 7) is 3.93. The second-order valence-electron chi connectivity index (χ2n) is 9.67. The quantitative estimate of drug-likeness (QED) is 0.409. The van der Waals surface area contributed by atoms with E-state index in [2.05, 4.69) is 19.5 Å². The topological polar surface area (TPSA) is 88.1 Å². The van der Waals surface area contributed by atoms with E-state index in [1.165, 1.54) is 12.4 Å². The van der Waals surface area contributed by atoms with Crippen molar-refractivity contribution in [1.82, 2.24) is 19.5 Å². The van der Waals surface area contributed by atoms with Crippen LogP contribution in [0, 0.1) is 11.7 Å². The highest BCUT2D eigenvalue weighted by molar-refractivity contribution is 6.33. The van der Waals surface area contributed by atoms with Crippen molar-refractivity contribution >= 4 is 39.4 Å². The van der Waals surface area contributed by atoms with Crippen molar-refractivity contribution in [3.63, 3.8) is 0 Å². The molecule has 34 heavy (non-hydrogen) atoms. The van der Waals surface area contributed by atoms with Crippen LogP contribution in [0.25, 0.3) is 21.9 Å². The van der Waals surface area contributed by atoms with Crippen molar-refractivity contribution < 1.29 is 13.9 Å². The lowest BCUT2D eigenvalue weighted by Gasteiger charge is -2.24. The van der Waals surface area contributed by atoms with E-state index in [9.17, 15) is 4.39 Å². The molecule has 4 heterocycles. The molecule has 9 heteroatoms. The Morgan fingerprint density at radius 1 is 1.18 bits per heavy atom. The van der Waals surface area contributed by atoms with Crippen LogP contribution in [0.2, 0.25) is 5.15 Å². The molecule has 1 aliphatic carbocycles. The van der Waals surface area contributed by atoms with Gasteiger partial charge in [-0.1, -0.05) is 23.7 Å². The van der Waals surface area contributed by atoms with E-state index in [1.807, 2.05) is 44.3 Å². The number of nitrogen functional groups attached to an aromatic ring is 1. The highest BCUT2D eigenvalue weighted by Crippen LogP contribution is 2.49. The first-order valence-corrected chi connectivity index (χ1v) is 11.8. The molecular weight excluding hydrogens is 457 g/mol. The molecule has 0 amide bonds. The first-order chi connectivity index (χ1) is 16.3. The minimum atomic E-state index is -0.643. The lowest BCUT2D eigenvalue weighted by atomic mass is 9.95. The lowest BCUT2D eigenvalue weighted by Crippen LogP contribution is -2.27. The first kappa shape index (κ1) is 21.7. The molecule has 4 aromatic rings. The molecule has 1 saturated heterocycles. The zero-order valence-electron chi connectivity index (χ0n) is 18.9. The second kappa shape index (κ2) is 7.86. The van der Waals surface area contributed by atoms with Gasteiger partial charge >= 0.3 is 0 Å². The Labute approximate surface area is 201 Å². The Bertz CT molecular complexity index is 1410. The van der Waals surface area contributed by atoms with E-state index in [0.717, 1.165) is 41.2 Å². The molecule has 3 aromatic heterocycles. The average molecular weight is 482 g/mol. The molecule has 0 radical (unpaired) electrons. The number of ether oxygens (including phenoxy) is 2. The summed E-state index contributed by atoms with van der Waals surface area (Å²) in [7, 11) is 0. The van der Waals surface area contributed by atoms with Crippen LogP contribution in [0.1, 0.15) is 38.3 Å². The van der Waals surface area contributed by atoms with Crippen molar-refractivity contribution in [3.8, 4) is 0 Å². The van der Waals surface area contributed by atoms with Crippen LogP contribution in [0.4, 0.5) is 10.2 Å². The van der Waals surface area contributed by atoms with Gasteiger partial charge in [-0.05, 0) is 62.8 Å². The van der Waals surface area contributed by atoms with E-state index in [0.29, 0.717) is 16.6 Å². The number of fused-ring (bicyclic) bond motifs is 3. The molecule has 2 fully saturated rings. The van der Waals surface area contributed by atoms with Crippen molar-refractivity contribution in [3.05, 3.63) is 59.4 Å². The standard InChI is InChI=1S/C25H25ClFN5O2/c1-25(2)33-20-15(6-4-13-3-5-14-10-17(27)23(28)31-18(14)9-13)11-19(21(20)34-25)32-8-7-16-22(26)29-12-30-24(16)32/h3,5,7-10,12,15,19-21H,4,6,11H2,1-2H3,(H2,28,31)/t15-,19+,20+,21-/m0/s1. The van der Waals surface area contributed by atoms with E-state index in [-0.39, 0.29) is 24.1 Å². The van der Waals surface area contributed by atoms with Gasteiger partial charge in [0, 0.05) is 11.6 Å². The SMILES string of the molecule is CC1(C)O[C@@H]2[C@@H](CCc3ccc4cc(F)c(N)nc4c3)C[C@@H](n3ccc4c(Cl)ncnc43)[C@@H]2O1. The Balaban J connectivity index is 1.27. The predicted molar refractivity (Wildman–Crippen MR) is 128 cm³/mol. The summed E-state index contributed by atoms with van der Waals surface area (Å²) in [6.07, 6.45) is 6.09. The highest BCUT2D eigenvalue weighted by atomic mass is 35.5. The normalized spacial score (nSPS) is 25.9. The summed E-state index contributed by atoms with van der Waals surface area (Å²) >= 11 is 6.29. The van der Waals surface area contributed by atoms with E-state index in [4.69, 9.17) is 26.8 Å². The van der Waals surface area contributed by atoms with E-state index >= 15 is 0 Å². The van der Waals surface area contributed by atoms with Crippen molar-refractivity contribution in [1.29, 1.82) is 0 Å². The minimum absolute atomic E-state index is 0.0157. The molecule has 6 rings (SSSR count). The number of hydrogen-bond donors (Lipinski definition) is 1. The summed E-state index contributed by atoms with van der Waals surface area (Å²) < 4.78 is 28.6. The van der Waals surface area contributed by atoms with Gasteiger partial charge < -0.3 is 19.8 Å². The fourth-order valence-corrected chi connectivity index (χ4v) is 5.72. The largest absolute Gasteiger partial charge is 0.381 e. The van der Waals surface area contributed by atoms with Crippen molar-refractivity contribution in [2.24, 2.45) is 5.92 Å². The molecule has 2 aliphatic rings. The van der Waals surface area contributed by atoms with Gasteiger partial charge in [-0.15, -0.1) is 0 Å². The van der Waals surface area contributed by atoms with Gasteiger partial charge in [0.2, 0.25) is 0 Å². The number of nitrogens with zero attached hydrogens (tertiary/aromatic N) is 4. The number of nitrogens with two attached hydrogens (primary N) is 1. The number of benzene rings is 1. The molecule has 176 valence electrons. The van der Waals surface area contributed by atoms with E-state index < -0.39 is 11.6 Å². The van der Waals surface area contributed by atoms with Crippen molar-refractivity contribution in [2.75, 3.05) is 5.73 Å². The maximum atomic E-state index is 13.7. The molecule has 7 nitrogen and oxygen atoms in total. The molecule has 1 saturated carbocycles. The predicted octanol–water partition coefficient (Wildman–Crippen LogP) is 5.07. The van der Waals surface area contributed by atoms with Crippen LogP contribution in [0.3, 0.4) is 0 Å². The summed E-state index contributed by atoms with van der Waals surface area (Å²) in [5.74, 6) is -0.911. The number of hydrogen-bond acceptors (Lipinski definition) is 6. The minimum Gasteiger partial charge on any atom is -0.381 e. The molecule has 1 aromatic carbocycles. The summed E-state index contributed by atoms with van der Waals surface area (Å²) in [4.78, 5) is 12.8. The van der Waals surface area contributed by atoms with Gasteiger partial charge in [0.15, 0.2) is 17.4 Å². The number of pyridine rings is 1. The average Bonchev–Trinajstić information content (AvgIpc) is 3.45. The maximum Gasteiger partial charge on any atom is 0.165 e. The van der Waals surface area contributed by atoms with Crippen LogP contribution in [-0.4, -0.2) is 37.5 Å². The second-order valence-corrected chi connectivity index (χ2v) is 10.0. The summed E-state index contributed by atoms with van der Waals surface area (Å²) in [5, 5.41) is 2.02. The van der Waals surface area contributed by atoms with Gasteiger partial charge in [-0.25, -0.2) is 19.3 Å². The van der Waals surface area contributed by atoms with Crippen LogP contribution in [0.5, 0.6) is 0 Å². The molecule has 4 atom stereocenters. The number of rotatable bonds is 4. The van der Waals surface area contributed by atoms with Gasteiger partial charge in [-0.3, -0.25) is 0 Å². The third-order valence-corrected chi connectivity index (χ3v) is 7.34. The summed E-state index contributed by atoms with van der Waals surface area (Å²) in [6, 6.07) is 9.38. The fraction of sp³-hybridized carbons (Fsp3) is 0.400. The first-order valence-electron chi connectivity index (χ1n) is 11.5. The third kappa shape index (κ3) is 3.61. The molecule has 2 N–H and O–H groups in total. The van der Waals surface area contributed by atoms with Gasteiger partial charge in [0.1, 0.15) is 23.2 Å². The highest BCUT2D eigenvalue weighted by Gasteiger charge is 2.54. The van der Waals surface area contributed by atoms with E-state index in [1.54, 1.807) is 0 Å². The van der Waals surface area contributed by atoms with Gasteiger partial charge in [0.05, 0.1) is 23.0 Å².